The van der Waals surface area contributed by atoms with E-state index in [-0.39, 0.29) is 5.69 Å². The van der Waals surface area contributed by atoms with Crippen LogP contribution >= 0.6 is 22.9 Å². The fourth-order valence-corrected chi connectivity index (χ4v) is 3.29. The Kier molecular flexibility index (Phi) is 5.54. The van der Waals surface area contributed by atoms with E-state index in [1.165, 1.54) is 17.4 Å². The zero-order valence-electron chi connectivity index (χ0n) is 13.7. The van der Waals surface area contributed by atoms with E-state index >= 15 is 0 Å². The first-order valence-corrected chi connectivity index (χ1v) is 8.91. The molecular formula is C19H14ClF2NO2S. The quantitative estimate of drug-likeness (QED) is 0.593. The summed E-state index contributed by atoms with van der Waals surface area (Å²) in [5.41, 5.74) is 1.95. The van der Waals surface area contributed by atoms with Gasteiger partial charge in [0.05, 0.1) is 4.88 Å². The smallest absolute Gasteiger partial charge is 0.265 e. The summed E-state index contributed by atoms with van der Waals surface area (Å²) in [4.78, 5) is 12.7. The number of rotatable bonds is 5. The number of thiophene rings is 1. The van der Waals surface area contributed by atoms with Crippen molar-refractivity contribution in [1.82, 2.24) is 0 Å². The van der Waals surface area contributed by atoms with Crippen LogP contribution < -0.4 is 10.1 Å². The molecule has 0 aliphatic rings. The highest BCUT2D eigenvalue weighted by Crippen LogP contribution is 2.24. The molecule has 1 aromatic heterocycles. The van der Waals surface area contributed by atoms with E-state index in [0.717, 1.165) is 23.3 Å². The summed E-state index contributed by atoms with van der Waals surface area (Å²) in [6.45, 7) is 2.20. The second-order valence-electron chi connectivity index (χ2n) is 5.60. The second kappa shape index (κ2) is 7.85. The average Bonchev–Trinajstić information content (AvgIpc) is 3.06. The number of hydrogen-bond acceptors (Lipinski definition) is 3. The number of anilines is 1. The van der Waals surface area contributed by atoms with Crippen molar-refractivity contribution in [2.75, 3.05) is 5.32 Å². The molecule has 0 aliphatic heterocycles. The Morgan fingerprint density at radius 1 is 1.15 bits per heavy atom. The van der Waals surface area contributed by atoms with Gasteiger partial charge in [-0.15, -0.1) is 11.3 Å². The number of benzene rings is 2. The highest BCUT2D eigenvalue weighted by Gasteiger charge is 2.12. The Labute approximate surface area is 158 Å². The van der Waals surface area contributed by atoms with Crippen molar-refractivity contribution in [3.8, 4) is 5.75 Å². The summed E-state index contributed by atoms with van der Waals surface area (Å²) in [6.07, 6.45) is 0. The Bertz CT molecular complexity index is 958. The molecule has 1 N–H and O–H groups in total. The number of carbonyl (C=O) groups is 1. The maximum atomic E-state index is 13.2. The number of halogens is 3. The van der Waals surface area contributed by atoms with Gasteiger partial charge in [0.25, 0.3) is 5.91 Å². The molecule has 0 fully saturated rings. The van der Waals surface area contributed by atoms with E-state index in [9.17, 15) is 13.6 Å². The maximum absolute atomic E-state index is 13.2. The third kappa shape index (κ3) is 4.39. The van der Waals surface area contributed by atoms with Crippen molar-refractivity contribution in [2.45, 2.75) is 13.5 Å². The zero-order chi connectivity index (χ0) is 18.7. The van der Waals surface area contributed by atoms with Crippen molar-refractivity contribution in [1.29, 1.82) is 0 Å². The van der Waals surface area contributed by atoms with Gasteiger partial charge < -0.3 is 10.1 Å². The number of carbonyl (C=O) groups excluding carboxylic acids is 1. The number of nitrogens with one attached hydrogen (secondary N) is 1. The average molecular weight is 394 g/mol. The first-order valence-electron chi connectivity index (χ1n) is 7.65. The van der Waals surface area contributed by atoms with E-state index < -0.39 is 17.5 Å². The summed E-state index contributed by atoms with van der Waals surface area (Å²) < 4.78 is 31.9. The van der Waals surface area contributed by atoms with Crippen molar-refractivity contribution in [3.63, 3.8) is 0 Å². The minimum Gasteiger partial charge on any atom is -0.489 e. The lowest BCUT2D eigenvalue weighted by molar-refractivity contribution is 0.103. The molecule has 0 saturated carbocycles. The van der Waals surface area contributed by atoms with Crippen LogP contribution in [0.4, 0.5) is 14.5 Å². The predicted octanol–water partition coefficient (Wildman–Crippen LogP) is 5.82. The zero-order valence-corrected chi connectivity index (χ0v) is 15.3. The molecule has 0 radical (unpaired) electrons. The molecule has 3 aromatic rings. The maximum Gasteiger partial charge on any atom is 0.265 e. The van der Waals surface area contributed by atoms with Gasteiger partial charge in [-0.2, -0.15) is 0 Å². The monoisotopic (exact) mass is 393 g/mol. The topological polar surface area (TPSA) is 38.3 Å². The fraction of sp³-hybridized carbons (Fsp3) is 0.105. The molecule has 2 aromatic carbocycles. The molecule has 134 valence electrons. The molecule has 0 atom stereocenters. The minimum atomic E-state index is -1.01. The van der Waals surface area contributed by atoms with Gasteiger partial charge in [-0.1, -0.05) is 11.6 Å². The van der Waals surface area contributed by atoms with Gasteiger partial charge in [0.1, 0.15) is 12.4 Å². The molecule has 0 spiro atoms. The van der Waals surface area contributed by atoms with Crippen molar-refractivity contribution < 1.29 is 18.3 Å². The van der Waals surface area contributed by atoms with Gasteiger partial charge in [-0.25, -0.2) is 8.78 Å². The normalized spacial score (nSPS) is 10.6. The van der Waals surface area contributed by atoms with E-state index in [1.54, 1.807) is 18.2 Å². The molecule has 0 saturated heterocycles. The Morgan fingerprint density at radius 2 is 1.96 bits per heavy atom. The number of ether oxygens (including phenoxy) is 1. The van der Waals surface area contributed by atoms with E-state index in [4.69, 9.17) is 16.3 Å². The van der Waals surface area contributed by atoms with E-state index in [0.29, 0.717) is 22.3 Å². The van der Waals surface area contributed by atoms with E-state index in [1.807, 2.05) is 18.4 Å². The molecule has 0 aliphatic carbocycles. The minimum absolute atomic E-state index is 0.192. The van der Waals surface area contributed by atoms with Crippen molar-refractivity contribution in [2.24, 2.45) is 0 Å². The molecule has 0 unspecified atom stereocenters. The van der Waals surface area contributed by atoms with Gasteiger partial charge in [0.15, 0.2) is 11.6 Å². The molecule has 3 nitrogen and oxygen atoms in total. The van der Waals surface area contributed by atoms with Gasteiger partial charge in [-0.05, 0) is 54.3 Å². The van der Waals surface area contributed by atoms with Crippen LogP contribution in [-0.2, 0) is 6.61 Å². The van der Waals surface area contributed by atoms with Crippen molar-refractivity contribution in [3.05, 3.63) is 80.5 Å². The van der Waals surface area contributed by atoms with Crippen molar-refractivity contribution >= 4 is 34.5 Å². The van der Waals surface area contributed by atoms with Crippen LogP contribution in [0.2, 0.25) is 5.02 Å². The summed E-state index contributed by atoms with van der Waals surface area (Å²) in [5, 5.41) is 4.99. The van der Waals surface area contributed by atoms with Gasteiger partial charge in [0.2, 0.25) is 0 Å². The fourth-order valence-electron chi connectivity index (χ4n) is 2.27. The summed E-state index contributed by atoms with van der Waals surface area (Å²) in [5.74, 6) is -1.65. The van der Waals surface area contributed by atoms with Gasteiger partial charge in [-0.3, -0.25) is 4.79 Å². The molecule has 1 heterocycles. The van der Waals surface area contributed by atoms with Crippen LogP contribution in [-0.4, -0.2) is 5.91 Å². The SMILES string of the molecule is Cc1cc(Cl)ccc1OCc1csc(C(=O)Nc2ccc(F)c(F)c2)c1. The van der Waals surface area contributed by atoms with Crippen LogP contribution in [0.15, 0.2) is 47.8 Å². The predicted molar refractivity (Wildman–Crippen MR) is 99.2 cm³/mol. The first kappa shape index (κ1) is 18.4. The number of aryl methyl sites for hydroxylation is 1. The Balaban J connectivity index is 1.63. The summed E-state index contributed by atoms with van der Waals surface area (Å²) >= 11 is 7.16. The standard InChI is InChI=1S/C19H14ClF2NO2S/c1-11-6-13(20)2-5-17(11)25-9-12-7-18(26-10-12)19(24)23-14-3-4-15(21)16(22)8-14/h2-8,10H,9H2,1H3,(H,23,24). The summed E-state index contributed by atoms with van der Waals surface area (Å²) in [6, 6.07) is 10.3. The molecule has 7 heteroatoms. The summed E-state index contributed by atoms with van der Waals surface area (Å²) in [7, 11) is 0. The Morgan fingerprint density at radius 3 is 2.69 bits per heavy atom. The van der Waals surface area contributed by atoms with Crippen LogP contribution in [0.1, 0.15) is 20.8 Å². The lowest BCUT2D eigenvalue weighted by Gasteiger charge is -2.08. The third-order valence-corrected chi connectivity index (χ3v) is 4.80. The molecule has 0 bridgehead atoms. The number of hydrogen-bond donors (Lipinski definition) is 1. The molecule has 26 heavy (non-hydrogen) atoms. The highest BCUT2D eigenvalue weighted by atomic mass is 35.5. The van der Waals surface area contributed by atoms with Crippen LogP contribution in [0.5, 0.6) is 5.75 Å². The molecule has 1 amide bonds. The van der Waals surface area contributed by atoms with Crippen LogP contribution in [0.3, 0.4) is 0 Å². The lowest BCUT2D eigenvalue weighted by Crippen LogP contribution is -2.10. The van der Waals surface area contributed by atoms with Crippen LogP contribution in [0, 0.1) is 18.6 Å². The van der Waals surface area contributed by atoms with Gasteiger partial charge in [0, 0.05) is 22.3 Å². The first-order chi connectivity index (χ1) is 12.4. The largest absolute Gasteiger partial charge is 0.489 e. The van der Waals surface area contributed by atoms with Crippen LogP contribution in [0.25, 0.3) is 0 Å². The second-order valence-corrected chi connectivity index (χ2v) is 6.95. The Hall–Kier alpha value is -2.44. The third-order valence-electron chi connectivity index (χ3n) is 3.59. The lowest BCUT2D eigenvalue weighted by atomic mass is 10.2. The molecular weight excluding hydrogens is 380 g/mol. The molecule has 3 rings (SSSR count). The van der Waals surface area contributed by atoms with E-state index in [2.05, 4.69) is 5.32 Å². The highest BCUT2D eigenvalue weighted by molar-refractivity contribution is 7.12. The number of amides is 1. The van der Waals surface area contributed by atoms with Gasteiger partial charge >= 0.3 is 0 Å².